The zero-order valence-corrected chi connectivity index (χ0v) is 10.6. The van der Waals surface area contributed by atoms with E-state index in [-0.39, 0.29) is 5.91 Å². The second-order valence-electron chi connectivity index (χ2n) is 3.29. The highest BCUT2D eigenvalue weighted by Crippen LogP contribution is 2.21. The summed E-state index contributed by atoms with van der Waals surface area (Å²) in [4.78, 5) is 16.6. The maximum Gasteiger partial charge on any atom is 0.263 e. The van der Waals surface area contributed by atoms with Gasteiger partial charge in [0.2, 0.25) is 0 Å². The minimum Gasteiger partial charge on any atom is -0.385 e. The van der Waals surface area contributed by atoms with Crippen LogP contribution < -0.4 is 10.6 Å². The Hall–Kier alpha value is -1.14. The molecule has 0 saturated heterocycles. The van der Waals surface area contributed by atoms with Crippen molar-refractivity contribution in [2.45, 2.75) is 13.3 Å². The number of hydrogen-bond donors (Lipinski definition) is 2. The molecule has 0 unspecified atom stereocenters. The number of aryl methyl sites for hydroxylation is 1. The first kappa shape index (κ1) is 12.9. The van der Waals surface area contributed by atoms with E-state index in [1.807, 2.05) is 6.92 Å². The van der Waals surface area contributed by atoms with Crippen molar-refractivity contribution in [3.63, 3.8) is 0 Å². The molecule has 0 bridgehead atoms. The molecule has 0 radical (unpaired) electrons. The van der Waals surface area contributed by atoms with Crippen LogP contribution in [0.2, 0.25) is 0 Å². The van der Waals surface area contributed by atoms with E-state index in [1.54, 1.807) is 14.2 Å². The van der Waals surface area contributed by atoms with Gasteiger partial charge in [-0.1, -0.05) is 11.3 Å². The summed E-state index contributed by atoms with van der Waals surface area (Å²) < 4.78 is 4.90. The molecule has 16 heavy (non-hydrogen) atoms. The van der Waals surface area contributed by atoms with Crippen LogP contribution in [0, 0.1) is 6.92 Å². The maximum atomic E-state index is 11.7. The average Bonchev–Trinajstić information content (AvgIpc) is 2.66. The van der Waals surface area contributed by atoms with Crippen LogP contribution in [0.25, 0.3) is 0 Å². The van der Waals surface area contributed by atoms with E-state index in [9.17, 15) is 4.79 Å². The van der Waals surface area contributed by atoms with Crippen LogP contribution in [-0.2, 0) is 4.74 Å². The molecular weight excluding hydrogens is 226 g/mol. The number of carbonyl (C=O) groups is 1. The number of aromatic nitrogens is 1. The Kier molecular flexibility index (Phi) is 5.21. The predicted molar refractivity (Wildman–Crippen MR) is 65.2 cm³/mol. The number of methoxy groups -OCH3 is 1. The van der Waals surface area contributed by atoms with Crippen LogP contribution in [-0.4, -0.2) is 38.2 Å². The predicted octanol–water partition coefficient (Wildman–Crippen LogP) is 1.26. The third-order valence-electron chi connectivity index (χ3n) is 2.03. The molecular formula is C10H17N3O2S. The van der Waals surface area contributed by atoms with Crippen molar-refractivity contribution in [2.75, 3.05) is 32.6 Å². The van der Waals surface area contributed by atoms with E-state index < -0.39 is 0 Å². The molecule has 1 aromatic rings. The van der Waals surface area contributed by atoms with E-state index in [2.05, 4.69) is 15.6 Å². The first-order valence-corrected chi connectivity index (χ1v) is 5.93. The number of rotatable bonds is 6. The van der Waals surface area contributed by atoms with E-state index in [0.717, 1.165) is 17.2 Å². The quantitative estimate of drug-likeness (QED) is 0.738. The Morgan fingerprint density at radius 3 is 2.88 bits per heavy atom. The summed E-state index contributed by atoms with van der Waals surface area (Å²) in [5.41, 5.74) is 0.763. The van der Waals surface area contributed by atoms with Crippen LogP contribution in [0.5, 0.6) is 0 Å². The first-order valence-electron chi connectivity index (χ1n) is 5.11. The van der Waals surface area contributed by atoms with Crippen LogP contribution >= 0.6 is 11.3 Å². The van der Waals surface area contributed by atoms with Gasteiger partial charge in [0, 0.05) is 27.3 Å². The molecule has 0 saturated carbocycles. The summed E-state index contributed by atoms with van der Waals surface area (Å²) in [5.74, 6) is -0.0624. The van der Waals surface area contributed by atoms with Gasteiger partial charge in [0.05, 0.1) is 5.69 Å². The molecule has 0 aliphatic heterocycles. The summed E-state index contributed by atoms with van der Waals surface area (Å²) in [6.07, 6.45) is 0.818. The van der Waals surface area contributed by atoms with Gasteiger partial charge in [0.25, 0.3) is 5.91 Å². The topological polar surface area (TPSA) is 63.2 Å². The van der Waals surface area contributed by atoms with Gasteiger partial charge in [-0.05, 0) is 13.3 Å². The van der Waals surface area contributed by atoms with E-state index in [4.69, 9.17) is 4.74 Å². The standard InChI is InChI=1S/C10H17N3O2S/c1-7-8(16-10(11-2)13-7)9(14)12-5-4-6-15-3/h4-6H2,1-3H3,(H,11,13)(H,12,14). The summed E-state index contributed by atoms with van der Waals surface area (Å²) in [6.45, 7) is 3.12. The summed E-state index contributed by atoms with van der Waals surface area (Å²) in [7, 11) is 3.44. The Bertz CT molecular complexity index is 352. The minimum atomic E-state index is -0.0624. The van der Waals surface area contributed by atoms with Crippen LogP contribution in [0.3, 0.4) is 0 Å². The Labute approximate surface area is 99.2 Å². The summed E-state index contributed by atoms with van der Waals surface area (Å²) in [6, 6.07) is 0. The third-order valence-corrected chi connectivity index (χ3v) is 3.20. The fraction of sp³-hybridized carbons (Fsp3) is 0.600. The van der Waals surface area contributed by atoms with Gasteiger partial charge in [-0.2, -0.15) is 0 Å². The molecule has 0 spiro atoms. The molecule has 0 aliphatic carbocycles. The van der Waals surface area contributed by atoms with Crippen molar-refractivity contribution in [1.82, 2.24) is 10.3 Å². The zero-order chi connectivity index (χ0) is 12.0. The molecule has 0 aliphatic rings. The number of nitrogens with one attached hydrogen (secondary N) is 2. The normalized spacial score (nSPS) is 10.2. The van der Waals surface area contributed by atoms with Crippen molar-refractivity contribution < 1.29 is 9.53 Å². The number of nitrogens with zero attached hydrogens (tertiary/aromatic N) is 1. The molecule has 0 atom stereocenters. The monoisotopic (exact) mass is 243 g/mol. The highest BCUT2D eigenvalue weighted by atomic mass is 32.1. The second-order valence-corrected chi connectivity index (χ2v) is 4.28. The Balaban J connectivity index is 2.49. The number of carbonyl (C=O) groups excluding carboxylic acids is 1. The molecule has 0 fully saturated rings. The smallest absolute Gasteiger partial charge is 0.263 e. The maximum absolute atomic E-state index is 11.7. The second kappa shape index (κ2) is 6.44. The summed E-state index contributed by atoms with van der Waals surface area (Å²) >= 11 is 1.37. The SMILES string of the molecule is CNc1nc(C)c(C(=O)NCCCOC)s1. The minimum absolute atomic E-state index is 0.0624. The van der Waals surface area contributed by atoms with Crippen molar-refractivity contribution in [2.24, 2.45) is 0 Å². The van der Waals surface area contributed by atoms with Crippen LogP contribution in [0.4, 0.5) is 5.13 Å². The zero-order valence-electron chi connectivity index (χ0n) is 9.79. The fourth-order valence-electron chi connectivity index (χ4n) is 1.21. The Morgan fingerprint density at radius 2 is 2.31 bits per heavy atom. The lowest BCUT2D eigenvalue weighted by Gasteiger charge is -2.02. The average molecular weight is 243 g/mol. The number of hydrogen-bond acceptors (Lipinski definition) is 5. The lowest BCUT2D eigenvalue weighted by atomic mass is 10.3. The number of thiazole rings is 1. The van der Waals surface area contributed by atoms with Gasteiger partial charge in [-0.15, -0.1) is 0 Å². The van der Waals surface area contributed by atoms with Crippen molar-refractivity contribution in [1.29, 1.82) is 0 Å². The van der Waals surface area contributed by atoms with E-state index in [0.29, 0.717) is 18.0 Å². The van der Waals surface area contributed by atoms with Gasteiger partial charge in [-0.25, -0.2) is 4.98 Å². The van der Waals surface area contributed by atoms with Crippen molar-refractivity contribution >= 4 is 22.4 Å². The van der Waals surface area contributed by atoms with E-state index >= 15 is 0 Å². The fourth-order valence-corrected chi connectivity index (χ4v) is 2.05. The summed E-state index contributed by atoms with van der Waals surface area (Å²) in [5, 5.41) is 6.53. The largest absolute Gasteiger partial charge is 0.385 e. The van der Waals surface area contributed by atoms with Gasteiger partial charge < -0.3 is 15.4 Å². The molecule has 1 rings (SSSR count). The van der Waals surface area contributed by atoms with Gasteiger partial charge in [0.15, 0.2) is 5.13 Å². The molecule has 0 aromatic carbocycles. The molecule has 5 nitrogen and oxygen atoms in total. The number of ether oxygens (including phenoxy) is 1. The molecule has 6 heteroatoms. The number of anilines is 1. The number of amides is 1. The molecule has 1 amide bonds. The first-order chi connectivity index (χ1) is 7.69. The van der Waals surface area contributed by atoms with Gasteiger partial charge in [-0.3, -0.25) is 4.79 Å². The van der Waals surface area contributed by atoms with E-state index in [1.165, 1.54) is 11.3 Å². The highest BCUT2D eigenvalue weighted by molar-refractivity contribution is 7.17. The third kappa shape index (κ3) is 3.46. The van der Waals surface area contributed by atoms with Gasteiger partial charge >= 0.3 is 0 Å². The molecule has 1 aromatic heterocycles. The van der Waals surface area contributed by atoms with Crippen LogP contribution in [0.15, 0.2) is 0 Å². The van der Waals surface area contributed by atoms with Gasteiger partial charge in [0.1, 0.15) is 4.88 Å². The van der Waals surface area contributed by atoms with Crippen molar-refractivity contribution in [3.05, 3.63) is 10.6 Å². The van der Waals surface area contributed by atoms with Crippen molar-refractivity contribution in [3.8, 4) is 0 Å². The van der Waals surface area contributed by atoms with Crippen LogP contribution in [0.1, 0.15) is 21.8 Å². The lowest BCUT2D eigenvalue weighted by Crippen LogP contribution is -2.24. The molecule has 1 heterocycles. The lowest BCUT2D eigenvalue weighted by molar-refractivity contribution is 0.0952. The highest BCUT2D eigenvalue weighted by Gasteiger charge is 2.13. The molecule has 2 N–H and O–H groups in total. The Morgan fingerprint density at radius 1 is 1.56 bits per heavy atom. The molecule has 90 valence electrons.